The highest BCUT2D eigenvalue weighted by Crippen LogP contribution is 2.31. The summed E-state index contributed by atoms with van der Waals surface area (Å²) in [6.07, 6.45) is 4.73. The minimum Gasteiger partial charge on any atom is -0.469 e. The molecule has 27 heavy (non-hydrogen) atoms. The average molecular weight is 388 g/mol. The highest BCUT2D eigenvalue weighted by molar-refractivity contribution is 7.89. The maximum Gasteiger partial charge on any atom is 0.243 e. The molecule has 0 N–H and O–H groups in total. The molecule has 1 aromatic heterocycles. The molecule has 2 fully saturated rings. The largest absolute Gasteiger partial charge is 0.469 e. The van der Waals surface area contributed by atoms with E-state index in [1.165, 1.54) is 4.31 Å². The molecule has 1 unspecified atom stereocenters. The summed E-state index contributed by atoms with van der Waals surface area (Å²) in [5, 5.41) is 0. The zero-order valence-corrected chi connectivity index (χ0v) is 16.0. The highest BCUT2D eigenvalue weighted by Gasteiger charge is 2.34. The Bertz CT molecular complexity index is 891. The fourth-order valence-electron chi connectivity index (χ4n) is 3.88. The van der Waals surface area contributed by atoms with Crippen LogP contribution in [0.5, 0.6) is 0 Å². The Kier molecular flexibility index (Phi) is 5.06. The number of furan rings is 1. The van der Waals surface area contributed by atoms with Gasteiger partial charge in [0.1, 0.15) is 5.76 Å². The standard InChI is InChI=1S/C20H24N2O4S/c23-20-4-1-11-21(20)12-9-16-5-7-18(8-6-16)27(24,25)22-13-10-17(15-22)19-3-2-14-26-19/h2-3,5-8,14,17H,1,4,9-13,15H2. The van der Waals surface area contributed by atoms with Gasteiger partial charge >= 0.3 is 0 Å². The molecule has 1 amide bonds. The maximum absolute atomic E-state index is 12.9. The molecule has 4 rings (SSSR count). The van der Waals surface area contributed by atoms with Gasteiger partial charge in [-0.15, -0.1) is 0 Å². The number of rotatable bonds is 6. The monoisotopic (exact) mass is 388 g/mol. The van der Waals surface area contributed by atoms with Crippen molar-refractivity contribution in [1.82, 2.24) is 9.21 Å². The fraction of sp³-hybridized carbons (Fsp3) is 0.450. The molecular weight excluding hydrogens is 364 g/mol. The lowest BCUT2D eigenvalue weighted by molar-refractivity contribution is -0.127. The van der Waals surface area contributed by atoms with Crippen LogP contribution in [-0.4, -0.2) is 49.7 Å². The van der Waals surface area contributed by atoms with E-state index in [9.17, 15) is 13.2 Å². The van der Waals surface area contributed by atoms with E-state index in [0.717, 1.165) is 37.1 Å². The van der Waals surface area contributed by atoms with Gasteiger partial charge in [0.25, 0.3) is 0 Å². The maximum atomic E-state index is 12.9. The Morgan fingerprint density at radius 1 is 1.11 bits per heavy atom. The second kappa shape index (κ2) is 7.48. The summed E-state index contributed by atoms with van der Waals surface area (Å²) < 4.78 is 32.8. The normalized spacial score (nSPS) is 21.3. The van der Waals surface area contributed by atoms with Gasteiger partial charge in [0.2, 0.25) is 15.9 Å². The van der Waals surface area contributed by atoms with E-state index in [-0.39, 0.29) is 11.8 Å². The molecular formula is C20H24N2O4S. The summed E-state index contributed by atoms with van der Waals surface area (Å²) in [4.78, 5) is 13.9. The summed E-state index contributed by atoms with van der Waals surface area (Å²) >= 11 is 0. The molecule has 0 aliphatic carbocycles. The van der Waals surface area contributed by atoms with Crippen molar-refractivity contribution in [2.75, 3.05) is 26.2 Å². The lowest BCUT2D eigenvalue weighted by Gasteiger charge is -2.17. The van der Waals surface area contributed by atoms with Crippen molar-refractivity contribution >= 4 is 15.9 Å². The Balaban J connectivity index is 1.39. The van der Waals surface area contributed by atoms with Crippen molar-refractivity contribution in [2.45, 2.75) is 36.5 Å². The van der Waals surface area contributed by atoms with Gasteiger partial charge in [-0.25, -0.2) is 8.42 Å². The Morgan fingerprint density at radius 2 is 1.93 bits per heavy atom. The van der Waals surface area contributed by atoms with Crippen molar-refractivity contribution in [1.29, 1.82) is 0 Å². The summed E-state index contributed by atoms with van der Waals surface area (Å²) in [5.41, 5.74) is 1.04. The molecule has 1 atom stereocenters. The number of hydrogen-bond donors (Lipinski definition) is 0. The third kappa shape index (κ3) is 3.80. The topological polar surface area (TPSA) is 70.8 Å². The quantitative estimate of drug-likeness (QED) is 0.763. The van der Waals surface area contributed by atoms with E-state index in [4.69, 9.17) is 4.42 Å². The predicted octanol–water partition coefficient (Wildman–Crippen LogP) is 2.62. The Labute approximate surface area is 159 Å². The van der Waals surface area contributed by atoms with Crippen LogP contribution in [0.2, 0.25) is 0 Å². The van der Waals surface area contributed by atoms with Gasteiger partial charge in [-0.05, 0) is 49.1 Å². The molecule has 0 saturated carbocycles. The first-order valence-electron chi connectivity index (χ1n) is 9.44. The van der Waals surface area contributed by atoms with E-state index in [0.29, 0.717) is 31.0 Å². The van der Waals surface area contributed by atoms with Crippen molar-refractivity contribution in [3.05, 3.63) is 54.0 Å². The van der Waals surface area contributed by atoms with Gasteiger partial charge in [-0.2, -0.15) is 4.31 Å². The van der Waals surface area contributed by atoms with E-state index < -0.39 is 10.0 Å². The van der Waals surface area contributed by atoms with Crippen LogP contribution < -0.4 is 0 Å². The van der Waals surface area contributed by atoms with Crippen LogP contribution in [-0.2, 0) is 21.2 Å². The first-order chi connectivity index (χ1) is 13.0. The lowest BCUT2D eigenvalue weighted by Crippen LogP contribution is -2.28. The Hall–Kier alpha value is -2.12. The number of hydrogen-bond acceptors (Lipinski definition) is 4. The van der Waals surface area contributed by atoms with E-state index >= 15 is 0 Å². The van der Waals surface area contributed by atoms with Crippen LogP contribution in [0.25, 0.3) is 0 Å². The summed E-state index contributed by atoms with van der Waals surface area (Å²) in [6, 6.07) is 10.8. The number of amides is 1. The number of benzene rings is 1. The van der Waals surface area contributed by atoms with Gasteiger partial charge in [-0.3, -0.25) is 4.79 Å². The molecule has 0 bridgehead atoms. The van der Waals surface area contributed by atoms with Crippen molar-refractivity contribution < 1.29 is 17.6 Å². The van der Waals surface area contributed by atoms with Crippen LogP contribution in [0, 0.1) is 0 Å². The second-order valence-electron chi connectivity index (χ2n) is 7.24. The predicted molar refractivity (Wildman–Crippen MR) is 101 cm³/mol. The molecule has 1 aromatic carbocycles. The number of likely N-dealkylation sites (tertiary alicyclic amines) is 1. The molecule has 2 saturated heterocycles. The third-order valence-corrected chi connectivity index (χ3v) is 7.38. The number of carbonyl (C=O) groups is 1. The second-order valence-corrected chi connectivity index (χ2v) is 9.18. The zero-order valence-electron chi connectivity index (χ0n) is 15.2. The first kappa shape index (κ1) is 18.3. The number of nitrogens with zero attached hydrogens (tertiary/aromatic N) is 2. The zero-order chi connectivity index (χ0) is 18.9. The highest BCUT2D eigenvalue weighted by atomic mass is 32.2. The van der Waals surface area contributed by atoms with Crippen molar-refractivity contribution in [3.8, 4) is 0 Å². The minimum absolute atomic E-state index is 0.118. The summed E-state index contributed by atoms with van der Waals surface area (Å²) in [7, 11) is -3.49. The minimum atomic E-state index is -3.49. The van der Waals surface area contributed by atoms with Crippen LogP contribution in [0.3, 0.4) is 0 Å². The molecule has 2 aliphatic rings. The smallest absolute Gasteiger partial charge is 0.243 e. The molecule has 0 radical (unpaired) electrons. The van der Waals surface area contributed by atoms with Crippen LogP contribution in [0.15, 0.2) is 52.0 Å². The molecule has 144 valence electrons. The van der Waals surface area contributed by atoms with Crippen LogP contribution in [0.4, 0.5) is 0 Å². The van der Waals surface area contributed by atoms with Gasteiger partial charge in [0, 0.05) is 38.5 Å². The SMILES string of the molecule is O=C1CCCN1CCc1ccc(S(=O)(=O)N2CCC(c3ccco3)C2)cc1. The van der Waals surface area contributed by atoms with Crippen molar-refractivity contribution in [2.24, 2.45) is 0 Å². The molecule has 2 aliphatic heterocycles. The molecule has 2 aromatic rings. The molecule has 0 spiro atoms. The van der Waals surface area contributed by atoms with Gasteiger partial charge in [-0.1, -0.05) is 12.1 Å². The van der Waals surface area contributed by atoms with E-state index in [1.807, 2.05) is 29.2 Å². The van der Waals surface area contributed by atoms with E-state index in [1.54, 1.807) is 18.4 Å². The van der Waals surface area contributed by atoms with Crippen LogP contribution >= 0.6 is 0 Å². The molecule has 6 nitrogen and oxygen atoms in total. The summed E-state index contributed by atoms with van der Waals surface area (Å²) in [5.74, 6) is 1.18. The van der Waals surface area contributed by atoms with Crippen LogP contribution in [0.1, 0.15) is 36.5 Å². The Morgan fingerprint density at radius 3 is 2.59 bits per heavy atom. The number of carbonyl (C=O) groups excluding carboxylic acids is 1. The van der Waals surface area contributed by atoms with Crippen molar-refractivity contribution in [3.63, 3.8) is 0 Å². The third-order valence-electron chi connectivity index (χ3n) is 5.50. The van der Waals surface area contributed by atoms with E-state index in [2.05, 4.69) is 0 Å². The fourth-order valence-corrected chi connectivity index (χ4v) is 5.38. The lowest BCUT2D eigenvalue weighted by atomic mass is 10.1. The summed E-state index contributed by atoms with van der Waals surface area (Å²) in [6.45, 7) is 2.49. The molecule has 3 heterocycles. The van der Waals surface area contributed by atoms with Gasteiger partial charge in [0.05, 0.1) is 11.2 Å². The van der Waals surface area contributed by atoms with Gasteiger partial charge < -0.3 is 9.32 Å². The first-order valence-corrected chi connectivity index (χ1v) is 10.9. The number of sulfonamides is 1. The van der Waals surface area contributed by atoms with Gasteiger partial charge in [0.15, 0.2) is 0 Å². The molecule has 7 heteroatoms. The average Bonchev–Trinajstić information content (AvgIpc) is 3.41.